The van der Waals surface area contributed by atoms with Gasteiger partial charge in [-0.05, 0) is 33.3 Å². The second-order valence-corrected chi connectivity index (χ2v) is 5.05. The zero-order valence-electron chi connectivity index (χ0n) is 9.25. The number of thiophene rings is 1. The highest BCUT2D eigenvalue weighted by atomic mass is 32.1. The van der Waals surface area contributed by atoms with Crippen LogP contribution in [0.2, 0.25) is 0 Å². The summed E-state index contributed by atoms with van der Waals surface area (Å²) < 4.78 is 0. The van der Waals surface area contributed by atoms with Gasteiger partial charge in [0.1, 0.15) is 0 Å². The van der Waals surface area contributed by atoms with Gasteiger partial charge >= 0.3 is 5.97 Å². The number of Topliss-reactive ketones (excluding diaryl/α,β-unsaturated/α-hetero) is 1. The highest BCUT2D eigenvalue weighted by molar-refractivity contribution is 7.12. The summed E-state index contributed by atoms with van der Waals surface area (Å²) in [5.41, 5.74) is 1.27. The Bertz CT molecular complexity index is 418. The van der Waals surface area contributed by atoms with Gasteiger partial charge in [-0.3, -0.25) is 9.59 Å². The number of aliphatic carboxylic acids is 1. The molecule has 0 aliphatic carbocycles. The Hall–Kier alpha value is -1.16. The van der Waals surface area contributed by atoms with Gasteiger partial charge in [-0.2, -0.15) is 0 Å². The Morgan fingerprint density at radius 2 is 1.80 bits per heavy atom. The number of rotatable bonds is 3. The van der Waals surface area contributed by atoms with Crippen molar-refractivity contribution < 1.29 is 14.7 Å². The van der Waals surface area contributed by atoms with Crippen LogP contribution in [0.3, 0.4) is 0 Å². The van der Waals surface area contributed by atoms with Gasteiger partial charge in [-0.15, -0.1) is 11.3 Å². The van der Waals surface area contributed by atoms with Crippen molar-refractivity contribution in [3.8, 4) is 0 Å². The number of carboxylic acid groups (broad SMARTS) is 1. The van der Waals surface area contributed by atoms with Gasteiger partial charge in [-0.1, -0.05) is 0 Å². The van der Waals surface area contributed by atoms with E-state index in [4.69, 9.17) is 5.11 Å². The lowest BCUT2D eigenvalue weighted by molar-refractivity contribution is -0.138. The number of aryl methyl sites for hydroxylation is 2. The van der Waals surface area contributed by atoms with Crippen molar-refractivity contribution in [1.82, 2.24) is 0 Å². The van der Waals surface area contributed by atoms with Crippen LogP contribution in [0.4, 0.5) is 0 Å². The number of hydrogen-bond acceptors (Lipinski definition) is 3. The molecule has 0 saturated heterocycles. The van der Waals surface area contributed by atoms with Gasteiger partial charge < -0.3 is 5.11 Å². The minimum Gasteiger partial charge on any atom is -0.481 e. The first kappa shape index (κ1) is 11.9. The second-order valence-electron chi connectivity index (χ2n) is 3.62. The van der Waals surface area contributed by atoms with E-state index in [1.165, 1.54) is 18.3 Å². The summed E-state index contributed by atoms with van der Waals surface area (Å²) in [5.74, 6) is -1.56. The fraction of sp³-hybridized carbons (Fsp3) is 0.455. The van der Waals surface area contributed by atoms with Crippen molar-refractivity contribution >= 4 is 23.1 Å². The molecule has 1 rings (SSSR count). The highest BCUT2D eigenvalue weighted by Gasteiger charge is 2.25. The van der Waals surface area contributed by atoms with Crippen molar-refractivity contribution in [3.05, 3.63) is 20.9 Å². The largest absolute Gasteiger partial charge is 0.481 e. The summed E-state index contributed by atoms with van der Waals surface area (Å²) in [6.07, 6.45) is 0. The summed E-state index contributed by atoms with van der Waals surface area (Å²) in [4.78, 5) is 24.2. The van der Waals surface area contributed by atoms with Crippen LogP contribution < -0.4 is 0 Å². The predicted octanol–water partition coefficient (Wildman–Crippen LogP) is 2.76. The molecule has 1 unspecified atom stereocenters. The maximum atomic E-state index is 11.4. The van der Waals surface area contributed by atoms with E-state index in [0.29, 0.717) is 11.1 Å². The normalized spacial score (nSPS) is 12.5. The highest BCUT2D eigenvalue weighted by Crippen LogP contribution is 2.33. The second kappa shape index (κ2) is 4.14. The smallest absolute Gasteiger partial charge is 0.310 e. The molecule has 15 heavy (non-hydrogen) atoms. The van der Waals surface area contributed by atoms with Crippen LogP contribution >= 0.6 is 11.3 Å². The Morgan fingerprint density at radius 1 is 1.27 bits per heavy atom. The molecular formula is C11H14O3S. The average molecular weight is 226 g/mol. The molecule has 1 aromatic rings. The van der Waals surface area contributed by atoms with Gasteiger partial charge in [0.25, 0.3) is 0 Å². The van der Waals surface area contributed by atoms with Gasteiger partial charge in [0, 0.05) is 15.3 Å². The molecule has 0 spiro atoms. The molecule has 1 N–H and O–H groups in total. The zero-order valence-corrected chi connectivity index (χ0v) is 10.1. The van der Waals surface area contributed by atoms with Crippen LogP contribution in [0.1, 0.15) is 45.4 Å². The van der Waals surface area contributed by atoms with Crippen LogP contribution in [0.25, 0.3) is 0 Å². The first-order valence-electron chi connectivity index (χ1n) is 4.69. The lowest BCUT2D eigenvalue weighted by atomic mass is 9.94. The predicted molar refractivity (Wildman–Crippen MR) is 59.8 cm³/mol. The van der Waals surface area contributed by atoms with Gasteiger partial charge in [0.15, 0.2) is 5.78 Å². The fourth-order valence-electron chi connectivity index (χ4n) is 1.78. The quantitative estimate of drug-likeness (QED) is 0.806. The molecular weight excluding hydrogens is 212 g/mol. The van der Waals surface area contributed by atoms with E-state index in [9.17, 15) is 9.59 Å². The van der Waals surface area contributed by atoms with Gasteiger partial charge in [0.05, 0.1) is 5.92 Å². The van der Waals surface area contributed by atoms with Crippen LogP contribution in [-0.2, 0) is 4.79 Å². The van der Waals surface area contributed by atoms with Crippen molar-refractivity contribution in [3.63, 3.8) is 0 Å². The SMILES string of the molecule is CC(=O)c1c(C)sc(C)c1C(C)C(=O)O. The molecule has 0 aromatic carbocycles. The first-order chi connectivity index (χ1) is 6.86. The molecule has 0 aliphatic rings. The molecule has 1 aromatic heterocycles. The third-order valence-corrected chi connectivity index (χ3v) is 3.50. The van der Waals surface area contributed by atoms with E-state index < -0.39 is 11.9 Å². The van der Waals surface area contributed by atoms with Gasteiger partial charge in [0.2, 0.25) is 0 Å². The third kappa shape index (κ3) is 2.09. The monoisotopic (exact) mass is 226 g/mol. The Morgan fingerprint density at radius 3 is 2.20 bits per heavy atom. The molecule has 0 amide bonds. The first-order valence-corrected chi connectivity index (χ1v) is 5.51. The van der Waals surface area contributed by atoms with Crippen molar-refractivity contribution in [2.45, 2.75) is 33.6 Å². The maximum absolute atomic E-state index is 11.4. The summed E-state index contributed by atoms with van der Waals surface area (Å²) in [6, 6.07) is 0. The zero-order chi connectivity index (χ0) is 11.7. The van der Waals surface area contributed by atoms with E-state index >= 15 is 0 Å². The third-order valence-electron chi connectivity index (χ3n) is 2.46. The molecule has 1 heterocycles. The minimum absolute atomic E-state index is 0.0556. The Balaban J connectivity index is 3.39. The van der Waals surface area contributed by atoms with Crippen LogP contribution in [0.5, 0.6) is 0 Å². The van der Waals surface area contributed by atoms with Crippen molar-refractivity contribution in [2.75, 3.05) is 0 Å². The van der Waals surface area contributed by atoms with E-state index in [-0.39, 0.29) is 5.78 Å². The molecule has 0 aliphatic heterocycles. The Kier molecular flexibility index (Phi) is 3.29. The number of hydrogen-bond donors (Lipinski definition) is 1. The molecule has 0 radical (unpaired) electrons. The summed E-state index contributed by atoms with van der Waals surface area (Å²) >= 11 is 1.49. The lowest BCUT2D eigenvalue weighted by Crippen LogP contribution is -2.11. The van der Waals surface area contributed by atoms with Gasteiger partial charge in [-0.25, -0.2) is 0 Å². The number of carboxylic acids is 1. The number of carbonyl (C=O) groups excluding carboxylic acids is 1. The molecule has 4 heteroatoms. The summed E-state index contributed by atoms with van der Waals surface area (Å²) in [5, 5.41) is 8.97. The van der Waals surface area contributed by atoms with Crippen molar-refractivity contribution in [2.24, 2.45) is 0 Å². The minimum atomic E-state index is -0.890. The molecule has 0 fully saturated rings. The maximum Gasteiger partial charge on any atom is 0.310 e. The molecule has 1 atom stereocenters. The topological polar surface area (TPSA) is 54.4 Å². The number of carbonyl (C=O) groups is 2. The lowest BCUT2D eigenvalue weighted by Gasteiger charge is -2.08. The van der Waals surface area contributed by atoms with E-state index in [0.717, 1.165) is 9.75 Å². The summed E-state index contributed by atoms with van der Waals surface area (Å²) in [6.45, 7) is 6.81. The van der Waals surface area contributed by atoms with Crippen LogP contribution in [0, 0.1) is 13.8 Å². The molecule has 0 saturated carbocycles. The standard InChI is InChI=1S/C11H14O3S/c1-5(11(13)14)9-7(3)15-8(4)10(9)6(2)12/h5H,1-4H3,(H,13,14). The van der Waals surface area contributed by atoms with Crippen LogP contribution in [-0.4, -0.2) is 16.9 Å². The average Bonchev–Trinajstić information content (AvgIpc) is 2.39. The fourth-order valence-corrected chi connectivity index (χ4v) is 2.99. The molecule has 82 valence electrons. The Labute approximate surface area is 92.7 Å². The molecule has 0 bridgehead atoms. The van der Waals surface area contributed by atoms with E-state index in [1.54, 1.807) is 6.92 Å². The molecule has 3 nitrogen and oxygen atoms in total. The van der Waals surface area contributed by atoms with Crippen molar-refractivity contribution in [1.29, 1.82) is 0 Å². The number of ketones is 1. The van der Waals surface area contributed by atoms with E-state index in [1.807, 2.05) is 13.8 Å². The van der Waals surface area contributed by atoms with E-state index in [2.05, 4.69) is 0 Å². The summed E-state index contributed by atoms with van der Waals surface area (Å²) in [7, 11) is 0. The van der Waals surface area contributed by atoms with Crippen LogP contribution in [0.15, 0.2) is 0 Å².